The van der Waals surface area contributed by atoms with Crippen LogP contribution in [-0.4, -0.2) is 25.7 Å². The van der Waals surface area contributed by atoms with Crippen molar-refractivity contribution in [3.8, 4) is 27.9 Å². The number of hydrogen-bond acceptors (Lipinski definition) is 6. The molecule has 0 aliphatic carbocycles. The standard InChI is InChI=1S/C26H21N5O2S/c1-17-18(2)31(16-27-17)24-13-14-25(30-29-24)33-22-11-9-21(10-12-22)28-26(32)20-7-5-19(6-8-20)23-4-3-15-34-23/h3-16H,1-2H3,(H,28,32). The van der Waals surface area contributed by atoms with Crippen LogP contribution in [-0.2, 0) is 0 Å². The summed E-state index contributed by atoms with van der Waals surface area (Å²) in [5.41, 5.74) is 4.33. The highest BCUT2D eigenvalue weighted by molar-refractivity contribution is 7.13. The molecule has 8 heteroatoms. The van der Waals surface area contributed by atoms with E-state index in [0.29, 0.717) is 28.7 Å². The van der Waals surface area contributed by atoms with Crippen LogP contribution in [0, 0.1) is 13.8 Å². The summed E-state index contributed by atoms with van der Waals surface area (Å²) in [5.74, 6) is 1.47. The number of nitrogens with one attached hydrogen (secondary N) is 1. The molecule has 168 valence electrons. The van der Waals surface area contributed by atoms with Gasteiger partial charge in [0.05, 0.1) is 5.69 Å². The number of aromatic nitrogens is 4. The fourth-order valence-electron chi connectivity index (χ4n) is 3.38. The van der Waals surface area contributed by atoms with E-state index in [1.807, 2.05) is 60.2 Å². The van der Waals surface area contributed by atoms with Gasteiger partial charge in [-0.25, -0.2) is 4.98 Å². The molecule has 0 unspecified atom stereocenters. The molecule has 0 spiro atoms. The molecular formula is C26H21N5O2S. The highest BCUT2D eigenvalue weighted by Crippen LogP contribution is 2.25. The largest absolute Gasteiger partial charge is 0.438 e. The molecule has 0 saturated carbocycles. The van der Waals surface area contributed by atoms with E-state index in [2.05, 4.69) is 26.6 Å². The van der Waals surface area contributed by atoms with Crippen molar-refractivity contribution in [1.82, 2.24) is 19.7 Å². The quantitative estimate of drug-likeness (QED) is 0.329. The summed E-state index contributed by atoms with van der Waals surface area (Å²) in [4.78, 5) is 18.1. The number of carbonyl (C=O) groups is 1. The monoisotopic (exact) mass is 467 g/mol. The van der Waals surface area contributed by atoms with E-state index in [4.69, 9.17) is 4.74 Å². The SMILES string of the molecule is Cc1ncn(-c2ccc(Oc3ccc(NC(=O)c4ccc(-c5cccs5)cc4)cc3)nn2)c1C. The molecule has 7 nitrogen and oxygen atoms in total. The van der Waals surface area contributed by atoms with E-state index in [-0.39, 0.29) is 5.91 Å². The van der Waals surface area contributed by atoms with Gasteiger partial charge in [0.2, 0.25) is 5.88 Å². The van der Waals surface area contributed by atoms with Gasteiger partial charge in [-0.2, -0.15) is 0 Å². The lowest BCUT2D eigenvalue weighted by Crippen LogP contribution is -2.11. The summed E-state index contributed by atoms with van der Waals surface area (Å²) in [6.07, 6.45) is 1.72. The summed E-state index contributed by atoms with van der Waals surface area (Å²) < 4.78 is 7.66. The molecule has 3 aromatic heterocycles. The third-order valence-corrected chi connectivity index (χ3v) is 6.33. The van der Waals surface area contributed by atoms with E-state index in [9.17, 15) is 4.79 Å². The smallest absolute Gasteiger partial charge is 0.255 e. The molecular weight excluding hydrogens is 446 g/mol. The van der Waals surface area contributed by atoms with Gasteiger partial charge in [0.15, 0.2) is 5.82 Å². The van der Waals surface area contributed by atoms with E-state index >= 15 is 0 Å². The van der Waals surface area contributed by atoms with Crippen molar-refractivity contribution in [2.45, 2.75) is 13.8 Å². The van der Waals surface area contributed by atoms with Gasteiger partial charge in [0.25, 0.3) is 5.91 Å². The van der Waals surface area contributed by atoms with Gasteiger partial charge in [-0.05, 0) is 73.3 Å². The number of aryl methyl sites for hydroxylation is 1. The van der Waals surface area contributed by atoms with Crippen molar-refractivity contribution >= 4 is 22.9 Å². The average Bonchev–Trinajstić information content (AvgIpc) is 3.52. The molecule has 0 fully saturated rings. The minimum Gasteiger partial charge on any atom is -0.438 e. The number of ether oxygens (including phenoxy) is 1. The number of imidazole rings is 1. The summed E-state index contributed by atoms with van der Waals surface area (Å²) in [6, 6.07) is 22.3. The van der Waals surface area contributed by atoms with E-state index in [1.54, 1.807) is 48.0 Å². The number of anilines is 1. The van der Waals surface area contributed by atoms with Crippen LogP contribution in [0.4, 0.5) is 5.69 Å². The van der Waals surface area contributed by atoms with Crippen molar-refractivity contribution < 1.29 is 9.53 Å². The molecule has 0 aliphatic heterocycles. The van der Waals surface area contributed by atoms with Crippen LogP contribution in [0.2, 0.25) is 0 Å². The number of nitrogens with zero attached hydrogens (tertiary/aromatic N) is 4. The Bertz CT molecular complexity index is 1410. The fraction of sp³-hybridized carbons (Fsp3) is 0.0769. The van der Waals surface area contributed by atoms with Crippen molar-refractivity contribution in [3.05, 3.63) is 101 Å². The van der Waals surface area contributed by atoms with Crippen LogP contribution in [0.15, 0.2) is 84.5 Å². The number of rotatable bonds is 6. The van der Waals surface area contributed by atoms with Crippen molar-refractivity contribution in [2.75, 3.05) is 5.32 Å². The zero-order chi connectivity index (χ0) is 23.5. The summed E-state index contributed by atoms with van der Waals surface area (Å²) in [7, 11) is 0. The molecule has 5 aromatic rings. The van der Waals surface area contributed by atoms with Crippen LogP contribution in [0.1, 0.15) is 21.7 Å². The van der Waals surface area contributed by atoms with E-state index in [0.717, 1.165) is 17.0 Å². The molecule has 34 heavy (non-hydrogen) atoms. The van der Waals surface area contributed by atoms with Gasteiger partial charge >= 0.3 is 0 Å². The van der Waals surface area contributed by atoms with Crippen LogP contribution >= 0.6 is 11.3 Å². The molecule has 0 saturated heterocycles. The Morgan fingerprint density at radius 2 is 1.74 bits per heavy atom. The third kappa shape index (κ3) is 4.57. The van der Waals surface area contributed by atoms with Crippen molar-refractivity contribution in [2.24, 2.45) is 0 Å². The summed E-state index contributed by atoms with van der Waals surface area (Å²) >= 11 is 1.67. The van der Waals surface area contributed by atoms with E-state index < -0.39 is 0 Å². The summed E-state index contributed by atoms with van der Waals surface area (Å²) in [6.45, 7) is 3.93. The number of benzene rings is 2. The van der Waals surface area contributed by atoms with Crippen molar-refractivity contribution in [3.63, 3.8) is 0 Å². The van der Waals surface area contributed by atoms with Gasteiger partial charge < -0.3 is 10.1 Å². The molecule has 1 N–H and O–H groups in total. The number of carbonyl (C=O) groups excluding carboxylic acids is 1. The van der Waals surface area contributed by atoms with Gasteiger partial charge in [0.1, 0.15) is 12.1 Å². The Labute approximate surface area is 200 Å². The maximum Gasteiger partial charge on any atom is 0.255 e. The molecule has 5 rings (SSSR count). The molecule has 0 atom stereocenters. The second-order valence-corrected chi connectivity index (χ2v) is 8.60. The highest BCUT2D eigenvalue weighted by atomic mass is 32.1. The zero-order valence-electron chi connectivity index (χ0n) is 18.6. The Hall–Kier alpha value is -4.30. The lowest BCUT2D eigenvalue weighted by Gasteiger charge is -2.09. The molecule has 1 amide bonds. The van der Waals surface area contributed by atoms with Crippen LogP contribution < -0.4 is 10.1 Å². The first-order chi connectivity index (χ1) is 16.6. The van der Waals surface area contributed by atoms with Gasteiger partial charge in [-0.1, -0.05) is 18.2 Å². The maximum atomic E-state index is 12.6. The second kappa shape index (κ2) is 9.29. The average molecular weight is 468 g/mol. The third-order valence-electron chi connectivity index (χ3n) is 5.41. The lowest BCUT2D eigenvalue weighted by molar-refractivity contribution is 0.102. The second-order valence-electron chi connectivity index (χ2n) is 7.65. The Balaban J connectivity index is 1.21. The topological polar surface area (TPSA) is 81.9 Å². The van der Waals surface area contributed by atoms with Gasteiger partial charge in [-0.3, -0.25) is 9.36 Å². The number of thiophene rings is 1. The number of amides is 1. The molecule has 0 aliphatic rings. The first-order valence-electron chi connectivity index (χ1n) is 10.6. The zero-order valence-corrected chi connectivity index (χ0v) is 19.4. The molecule has 0 bridgehead atoms. The minimum atomic E-state index is -0.169. The van der Waals surface area contributed by atoms with Gasteiger partial charge in [-0.15, -0.1) is 21.5 Å². The van der Waals surface area contributed by atoms with Crippen molar-refractivity contribution in [1.29, 1.82) is 0 Å². The molecule has 2 aromatic carbocycles. The Morgan fingerprint density at radius 3 is 2.35 bits per heavy atom. The first kappa shape index (κ1) is 21.5. The minimum absolute atomic E-state index is 0.169. The fourth-order valence-corrected chi connectivity index (χ4v) is 4.12. The normalized spacial score (nSPS) is 10.8. The van der Waals surface area contributed by atoms with Crippen LogP contribution in [0.5, 0.6) is 11.6 Å². The molecule has 3 heterocycles. The van der Waals surface area contributed by atoms with Crippen LogP contribution in [0.3, 0.4) is 0 Å². The van der Waals surface area contributed by atoms with E-state index in [1.165, 1.54) is 4.88 Å². The van der Waals surface area contributed by atoms with Gasteiger partial charge in [0, 0.05) is 27.9 Å². The molecule has 0 radical (unpaired) electrons. The first-order valence-corrected chi connectivity index (χ1v) is 11.5. The maximum absolute atomic E-state index is 12.6. The summed E-state index contributed by atoms with van der Waals surface area (Å²) in [5, 5.41) is 13.3. The van der Waals surface area contributed by atoms with Crippen LogP contribution in [0.25, 0.3) is 16.3 Å². The Morgan fingerprint density at radius 1 is 0.941 bits per heavy atom. The predicted molar refractivity (Wildman–Crippen MR) is 133 cm³/mol. The predicted octanol–water partition coefficient (Wildman–Crippen LogP) is 6.05. The number of hydrogen-bond donors (Lipinski definition) is 1. The Kier molecular flexibility index (Phi) is 5.88. The highest BCUT2D eigenvalue weighted by Gasteiger charge is 2.09. The lowest BCUT2D eigenvalue weighted by atomic mass is 10.1.